The van der Waals surface area contributed by atoms with Gasteiger partial charge in [0.05, 0.1) is 10.2 Å². The number of aryl methyl sites for hydroxylation is 4. The second kappa shape index (κ2) is 7.54. The average Bonchev–Trinajstić information content (AvgIpc) is 3.29. The molecule has 0 atom stereocenters. The number of likely N-dealkylation sites (tertiary alicyclic amines) is 1. The number of benzene rings is 1. The van der Waals surface area contributed by atoms with E-state index in [-0.39, 0.29) is 12.0 Å². The summed E-state index contributed by atoms with van der Waals surface area (Å²) < 4.78 is 9.23. The Balaban J connectivity index is 1.39. The second-order valence-electron chi connectivity index (χ2n) is 7.45. The molecule has 0 bridgehead atoms. The quantitative estimate of drug-likeness (QED) is 0.663. The lowest BCUT2D eigenvalue weighted by Gasteiger charge is -2.31. The van der Waals surface area contributed by atoms with E-state index < -0.39 is 0 Å². The predicted octanol–water partition coefficient (Wildman–Crippen LogP) is 4.12. The Morgan fingerprint density at radius 2 is 1.93 bits per heavy atom. The molecule has 0 aliphatic carbocycles. The smallest absolute Gasteiger partial charge is 0.274 e. The molecule has 6 nitrogen and oxygen atoms in total. The van der Waals surface area contributed by atoms with Crippen LogP contribution in [0.25, 0.3) is 10.2 Å². The number of rotatable bonds is 4. The van der Waals surface area contributed by atoms with Crippen LogP contribution in [0.5, 0.6) is 5.19 Å². The van der Waals surface area contributed by atoms with Crippen molar-refractivity contribution >= 4 is 27.5 Å². The predicted molar refractivity (Wildman–Crippen MR) is 111 cm³/mol. The highest BCUT2D eigenvalue weighted by molar-refractivity contribution is 7.20. The molecule has 3 heterocycles. The number of fused-ring (bicyclic) bond motifs is 1. The van der Waals surface area contributed by atoms with E-state index in [2.05, 4.69) is 31.1 Å². The van der Waals surface area contributed by atoms with Crippen molar-refractivity contribution < 1.29 is 9.53 Å². The molecule has 1 fully saturated rings. The Labute approximate surface area is 169 Å². The molecule has 1 aliphatic heterocycles. The maximum Gasteiger partial charge on any atom is 0.274 e. The van der Waals surface area contributed by atoms with E-state index in [1.807, 2.05) is 29.5 Å². The summed E-state index contributed by atoms with van der Waals surface area (Å²) in [5.74, 6) is 0.0139. The van der Waals surface area contributed by atoms with Gasteiger partial charge < -0.3 is 9.64 Å². The monoisotopic (exact) mass is 398 g/mol. The van der Waals surface area contributed by atoms with E-state index in [1.54, 1.807) is 11.3 Å². The molecular weight excluding hydrogens is 372 g/mol. The molecule has 28 heavy (non-hydrogen) atoms. The fourth-order valence-electron chi connectivity index (χ4n) is 3.71. The van der Waals surface area contributed by atoms with Gasteiger partial charge >= 0.3 is 0 Å². The molecular formula is C21H26N4O2S. The zero-order valence-corrected chi connectivity index (χ0v) is 17.7. The van der Waals surface area contributed by atoms with E-state index in [0.29, 0.717) is 18.8 Å². The molecule has 4 rings (SSSR count). The molecule has 0 saturated carbocycles. The fourth-order valence-corrected chi connectivity index (χ4v) is 4.73. The van der Waals surface area contributed by atoms with Crippen molar-refractivity contribution in [2.75, 3.05) is 13.1 Å². The van der Waals surface area contributed by atoms with Gasteiger partial charge in [0.15, 0.2) is 5.69 Å². The van der Waals surface area contributed by atoms with Gasteiger partial charge in [-0.05, 0) is 44.9 Å². The lowest BCUT2D eigenvalue weighted by atomic mass is 10.1. The van der Waals surface area contributed by atoms with Crippen LogP contribution in [0.2, 0.25) is 0 Å². The number of nitrogens with zero attached hydrogens (tertiary/aromatic N) is 4. The minimum absolute atomic E-state index is 0.0139. The summed E-state index contributed by atoms with van der Waals surface area (Å²) in [5, 5.41) is 5.15. The summed E-state index contributed by atoms with van der Waals surface area (Å²) in [4.78, 5) is 19.3. The first-order valence-corrected chi connectivity index (χ1v) is 10.6. The van der Waals surface area contributed by atoms with Crippen molar-refractivity contribution in [2.45, 2.75) is 53.2 Å². The Kier molecular flexibility index (Phi) is 5.10. The van der Waals surface area contributed by atoms with Crippen molar-refractivity contribution in [3.8, 4) is 5.19 Å². The molecule has 7 heteroatoms. The topological polar surface area (TPSA) is 60.2 Å². The first kappa shape index (κ1) is 18.9. The Morgan fingerprint density at radius 1 is 1.21 bits per heavy atom. The van der Waals surface area contributed by atoms with Crippen molar-refractivity contribution in [3.63, 3.8) is 0 Å². The third-order valence-electron chi connectivity index (χ3n) is 5.42. The molecule has 1 saturated heterocycles. The molecule has 3 aromatic rings. The molecule has 0 unspecified atom stereocenters. The Bertz CT molecular complexity index is 976. The summed E-state index contributed by atoms with van der Waals surface area (Å²) in [6.45, 7) is 10.3. The number of hydrogen-bond acceptors (Lipinski definition) is 5. The van der Waals surface area contributed by atoms with Gasteiger partial charge in [0.1, 0.15) is 6.10 Å². The molecule has 1 aliphatic rings. The van der Waals surface area contributed by atoms with E-state index >= 15 is 0 Å². The van der Waals surface area contributed by atoms with Crippen LogP contribution in [-0.4, -0.2) is 44.8 Å². The van der Waals surface area contributed by atoms with E-state index in [9.17, 15) is 4.79 Å². The normalized spacial score (nSPS) is 15.4. The number of carbonyl (C=O) groups excluding carboxylic acids is 1. The zero-order chi connectivity index (χ0) is 19.8. The van der Waals surface area contributed by atoms with Gasteiger partial charge in [0, 0.05) is 38.2 Å². The number of carbonyl (C=O) groups is 1. The van der Waals surface area contributed by atoms with Crippen LogP contribution < -0.4 is 4.74 Å². The average molecular weight is 399 g/mol. The van der Waals surface area contributed by atoms with E-state index in [4.69, 9.17) is 9.72 Å². The zero-order valence-electron chi connectivity index (χ0n) is 16.9. The lowest BCUT2D eigenvalue weighted by molar-refractivity contribution is 0.0589. The SMILES string of the molecule is CCn1nc(C(=O)N2CCC(Oc3nc4c(C)ccc(C)c4s3)CC2)cc1C. The Morgan fingerprint density at radius 3 is 2.57 bits per heavy atom. The van der Waals surface area contributed by atoms with Gasteiger partial charge in [-0.3, -0.25) is 9.48 Å². The maximum absolute atomic E-state index is 12.7. The molecule has 0 N–H and O–H groups in total. The molecule has 1 aromatic carbocycles. The van der Waals surface area contributed by atoms with Gasteiger partial charge in [0.25, 0.3) is 11.1 Å². The largest absolute Gasteiger partial charge is 0.467 e. The number of thiazole rings is 1. The second-order valence-corrected chi connectivity index (χ2v) is 8.41. The number of piperidine rings is 1. The van der Waals surface area contributed by atoms with Crippen molar-refractivity contribution in [1.82, 2.24) is 19.7 Å². The molecule has 0 spiro atoms. The summed E-state index contributed by atoms with van der Waals surface area (Å²) >= 11 is 1.62. The van der Waals surface area contributed by atoms with Gasteiger partial charge in [0.2, 0.25) is 0 Å². The van der Waals surface area contributed by atoms with Crippen molar-refractivity contribution in [1.29, 1.82) is 0 Å². The minimum Gasteiger partial charge on any atom is -0.467 e. The first-order chi connectivity index (χ1) is 13.5. The number of ether oxygens (including phenoxy) is 1. The summed E-state index contributed by atoms with van der Waals surface area (Å²) in [6, 6.07) is 6.11. The van der Waals surface area contributed by atoms with Gasteiger partial charge in [-0.25, -0.2) is 4.98 Å². The number of hydrogen-bond donors (Lipinski definition) is 0. The standard InChI is InChI=1S/C21H26N4O2S/c1-5-25-15(4)12-17(23-25)20(26)24-10-8-16(9-11-24)27-21-22-18-13(2)6-7-14(3)19(18)28-21/h6-7,12,16H,5,8-11H2,1-4H3. The van der Waals surface area contributed by atoms with Gasteiger partial charge in [-0.1, -0.05) is 23.5 Å². The number of aromatic nitrogens is 3. The third-order valence-corrected chi connectivity index (χ3v) is 6.50. The van der Waals surface area contributed by atoms with Crippen LogP contribution in [0.3, 0.4) is 0 Å². The summed E-state index contributed by atoms with van der Waals surface area (Å²) in [6.07, 6.45) is 1.72. The summed E-state index contributed by atoms with van der Waals surface area (Å²) in [5.41, 5.74) is 5.00. The highest BCUT2D eigenvalue weighted by Gasteiger charge is 2.27. The van der Waals surface area contributed by atoms with Crippen LogP contribution in [0.15, 0.2) is 18.2 Å². The number of amides is 1. The highest BCUT2D eigenvalue weighted by Crippen LogP contribution is 2.33. The van der Waals surface area contributed by atoms with Crippen molar-refractivity contribution in [3.05, 3.63) is 40.7 Å². The van der Waals surface area contributed by atoms with Gasteiger partial charge in [-0.2, -0.15) is 5.10 Å². The van der Waals surface area contributed by atoms with Crippen LogP contribution in [-0.2, 0) is 6.54 Å². The van der Waals surface area contributed by atoms with Crippen LogP contribution >= 0.6 is 11.3 Å². The maximum atomic E-state index is 12.7. The van der Waals surface area contributed by atoms with Crippen LogP contribution in [0.1, 0.15) is 47.1 Å². The fraction of sp³-hybridized carbons (Fsp3) is 0.476. The van der Waals surface area contributed by atoms with Crippen molar-refractivity contribution in [2.24, 2.45) is 0 Å². The minimum atomic E-state index is 0.0139. The lowest BCUT2D eigenvalue weighted by Crippen LogP contribution is -2.42. The first-order valence-electron chi connectivity index (χ1n) is 9.83. The molecule has 0 radical (unpaired) electrons. The summed E-state index contributed by atoms with van der Waals surface area (Å²) in [7, 11) is 0. The molecule has 148 valence electrons. The van der Waals surface area contributed by atoms with Crippen LogP contribution in [0.4, 0.5) is 0 Å². The molecule has 2 aromatic heterocycles. The van der Waals surface area contributed by atoms with Crippen LogP contribution in [0, 0.1) is 20.8 Å². The van der Waals surface area contributed by atoms with E-state index in [0.717, 1.165) is 35.8 Å². The molecule has 1 amide bonds. The van der Waals surface area contributed by atoms with E-state index in [1.165, 1.54) is 15.8 Å². The van der Waals surface area contributed by atoms with Gasteiger partial charge in [-0.15, -0.1) is 0 Å². The Hall–Kier alpha value is -2.41. The highest BCUT2D eigenvalue weighted by atomic mass is 32.1. The third kappa shape index (κ3) is 3.51.